The van der Waals surface area contributed by atoms with E-state index in [0.29, 0.717) is 18.1 Å². The van der Waals surface area contributed by atoms with Gasteiger partial charge in [0.25, 0.3) is 5.69 Å². The Labute approximate surface area is 107 Å². The molecule has 0 aromatic carbocycles. The number of nitrogens with zero attached hydrogens (tertiary/aromatic N) is 3. The maximum Gasteiger partial charge on any atom is 0.290 e. The van der Waals surface area contributed by atoms with Crippen LogP contribution in [0, 0.1) is 17.0 Å². The summed E-state index contributed by atoms with van der Waals surface area (Å²) in [6, 6.07) is 3.12. The van der Waals surface area contributed by atoms with Crippen LogP contribution >= 0.6 is 0 Å². The number of aryl methyl sites for hydroxylation is 1. The van der Waals surface area contributed by atoms with Gasteiger partial charge in [0.2, 0.25) is 0 Å². The molecule has 1 heterocycles. The lowest BCUT2D eigenvalue weighted by Gasteiger charge is -2.32. The van der Waals surface area contributed by atoms with Gasteiger partial charge >= 0.3 is 0 Å². The number of nitro groups is 1. The van der Waals surface area contributed by atoms with Crippen LogP contribution in [0.5, 0.6) is 0 Å². The van der Waals surface area contributed by atoms with E-state index in [1.807, 2.05) is 14.1 Å². The minimum absolute atomic E-state index is 0.0165. The van der Waals surface area contributed by atoms with Crippen molar-refractivity contribution in [3.63, 3.8) is 0 Å². The van der Waals surface area contributed by atoms with Crippen LogP contribution in [0.25, 0.3) is 0 Å². The molecule has 0 aliphatic rings. The second-order valence-corrected chi connectivity index (χ2v) is 5.12. The summed E-state index contributed by atoms with van der Waals surface area (Å²) in [5.41, 5.74) is 0.456. The van der Waals surface area contributed by atoms with E-state index in [2.05, 4.69) is 29.0 Å². The summed E-state index contributed by atoms with van der Waals surface area (Å²) >= 11 is 0. The molecule has 1 rings (SSSR count). The van der Waals surface area contributed by atoms with Crippen molar-refractivity contribution in [3.05, 3.63) is 27.9 Å². The lowest BCUT2D eigenvalue weighted by molar-refractivity contribution is -0.385. The average molecular weight is 252 g/mol. The van der Waals surface area contributed by atoms with E-state index in [1.165, 1.54) is 6.07 Å². The van der Waals surface area contributed by atoms with E-state index in [4.69, 9.17) is 0 Å². The van der Waals surface area contributed by atoms with Crippen molar-refractivity contribution in [2.45, 2.75) is 26.3 Å². The molecule has 100 valence electrons. The Morgan fingerprint density at radius 1 is 1.44 bits per heavy atom. The van der Waals surface area contributed by atoms with E-state index in [-0.39, 0.29) is 11.2 Å². The Hall–Kier alpha value is -1.69. The van der Waals surface area contributed by atoms with Crippen LogP contribution in [0.15, 0.2) is 12.1 Å². The van der Waals surface area contributed by atoms with Gasteiger partial charge in [0.05, 0.1) is 4.92 Å². The molecule has 0 amide bonds. The zero-order valence-electron chi connectivity index (χ0n) is 11.5. The Balaban J connectivity index is 2.76. The lowest BCUT2D eigenvalue weighted by Crippen LogP contribution is -2.44. The van der Waals surface area contributed by atoms with Crippen LogP contribution < -0.4 is 5.32 Å². The molecule has 0 bridgehead atoms. The van der Waals surface area contributed by atoms with E-state index in [9.17, 15) is 10.1 Å². The minimum Gasteiger partial charge on any atom is -0.368 e. The number of pyridine rings is 1. The maximum absolute atomic E-state index is 10.7. The molecule has 0 atom stereocenters. The van der Waals surface area contributed by atoms with Crippen LogP contribution in [-0.4, -0.2) is 41.0 Å². The molecule has 0 radical (unpaired) electrons. The highest BCUT2D eigenvalue weighted by Gasteiger charge is 2.20. The van der Waals surface area contributed by atoms with E-state index in [1.54, 1.807) is 13.0 Å². The van der Waals surface area contributed by atoms with Crippen LogP contribution in [0.3, 0.4) is 0 Å². The van der Waals surface area contributed by atoms with Gasteiger partial charge in [-0.1, -0.05) is 0 Å². The van der Waals surface area contributed by atoms with Crippen LogP contribution in [-0.2, 0) is 0 Å². The van der Waals surface area contributed by atoms with Crippen LogP contribution in [0.2, 0.25) is 0 Å². The topological polar surface area (TPSA) is 71.3 Å². The molecule has 18 heavy (non-hydrogen) atoms. The Kier molecular flexibility index (Phi) is 4.24. The van der Waals surface area contributed by atoms with Crippen molar-refractivity contribution >= 4 is 11.5 Å². The van der Waals surface area contributed by atoms with Crippen molar-refractivity contribution in [1.29, 1.82) is 0 Å². The van der Waals surface area contributed by atoms with Crippen molar-refractivity contribution in [2.75, 3.05) is 26.0 Å². The third-order valence-corrected chi connectivity index (χ3v) is 3.17. The molecule has 0 unspecified atom stereocenters. The second-order valence-electron chi connectivity index (χ2n) is 5.12. The third-order valence-electron chi connectivity index (χ3n) is 3.17. The van der Waals surface area contributed by atoms with Crippen LogP contribution in [0.4, 0.5) is 11.5 Å². The first kappa shape index (κ1) is 14.4. The van der Waals surface area contributed by atoms with Crippen molar-refractivity contribution in [3.8, 4) is 0 Å². The molecule has 1 aromatic heterocycles. The molecule has 0 spiro atoms. The molecule has 0 aliphatic carbocycles. The molecule has 6 nitrogen and oxygen atoms in total. The first-order valence-corrected chi connectivity index (χ1v) is 5.77. The van der Waals surface area contributed by atoms with Gasteiger partial charge in [0, 0.05) is 18.2 Å². The highest BCUT2D eigenvalue weighted by atomic mass is 16.6. The zero-order valence-corrected chi connectivity index (χ0v) is 11.5. The number of anilines is 1. The third kappa shape index (κ3) is 3.40. The molecular formula is C12H20N4O2. The lowest BCUT2D eigenvalue weighted by atomic mass is 10.0. The fraction of sp³-hybridized carbons (Fsp3) is 0.583. The Morgan fingerprint density at radius 2 is 2.06 bits per heavy atom. The summed E-state index contributed by atoms with van der Waals surface area (Å²) in [5, 5.41) is 13.9. The van der Waals surface area contributed by atoms with E-state index >= 15 is 0 Å². The van der Waals surface area contributed by atoms with Crippen molar-refractivity contribution in [2.24, 2.45) is 0 Å². The summed E-state index contributed by atoms with van der Waals surface area (Å²) in [6.07, 6.45) is 0. The van der Waals surface area contributed by atoms with Crippen LogP contribution in [0.1, 0.15) is 19.5 Å². The van der Waals surface area contributed by atoms with Gasteiger partial charge in [-0.15, -0.1) is 0 Å². The number of nitrogens with one attached hydrogen (secondary N) is 1. The highest BCUT2D eigenvalue weighted by molar-refractivity contribution is 5.45. The molecule has 0 saturated carbocycles. The van der Waals surface area contributed by atoms with Gasteiger partial charge in [-0.05, 0) is 40.9 Å². The number of rotatable bonds is 5. The molecule has 0 aliphatic heterocycles. The number of likely N-dealkylation sites (N-methyl/N-ethyl adjacent to an activating group) is 1. The normalized spacial score (nSPS) is 11.7. The van der Waals surface area contributed by atoms with Gasteiger partial charge in [-0.25, -0.2) is 4.98 Å². The van der Waals surface area contributed by atoms with Gasteiger partial charge in [-0.3, -0.25) is 10.1 Å². The predicted molar refractivity (Wildman–Crippen MR) is 71.9 cm³/mol. The maximum atomic E-state index is 10.7. The number of hydrogen-bond donors (Lipinski definition) is 1. The summed E-state index contributed by atoms with van der Waals surface area (Å²) in [7, 11) is 4.02. The SMILES string of the molecule is Cc1nc(NCC(C)(C)N(C)C)ccc1[N+](=O)[O-]. The Morgan fingerprint density at radius 3 is 2.50 bits per heavy atom. The second kappa shape index (κ2) is 5.30. The molecule has 1 aromatic rings. The van der Waals surface area contributed by atoms with E-state index in [0.717, 1.165) is 0 Å². The summed E-state index contributed by atoms with van der Waals surface area (Å²) < 4.78 is 0. The summed E-state index contributed by atoms with van der Waals surface area (Å²) in [5.74, 6) is 0.660. The average Bonchev–Trinajstić information content (AvgIpc) is 2.25. The van der Waals surface area contributed by atoms with Gasteiger partial charge in [0.1, 0.15) is 11.5 Å². The molecule has 0 fully saturated rings. The number of aromatic nitrogens is 1. The van der Waals surface area contributed by atoms with Gasteiger partial charge in [-0.2, -0.15) is 0 Å². The predicted octanol–water partition coefficient (Wildman–Crippen LogP) is 2.05. The van der Waals surface area contributed by atoms with Crippen molar-refractivity contribution < 1.29 is 4.92 Å². The monoisotopic (exact) mass is 252 g/mol. The smallest absolute Gasteiger partial charge is 0.290 e. The Bertz CT molecular complexity index is 444. The summed E-state index contributed by atoms with van der Waals surface area (Å²) in [6.45, 7) is 6.57. The fourth-order valence-electron chi connectivity index (χ4n) is 1.31. The van der Waals surface area contributed by atoms with Crippen molar-refractivity contribution in [1.82, 2.24) is 9.88 Å². The molecule has 1 N–H and O–H groups in total. The summed E-state index contributed by atoms with van der Waals surface area (Å²) in [4.78, 5) is 16.6. The zero-order chi connectivity index (χ0) is 13.9. The standard InChI is InChI=1S/C12H20N4O2/c1-9-10(16(17)18)6-7-11(14-9)13-8-12(2,3)15(4)5/h6-7H,8H2,1-5H3,(H,13,14). The first-order valence-electron chi connectivity index (χ1n) is 5.77. The molecular weight excluding hydrogens is 232 g/mol. The van der Waals surface area contributed by atoms with Gasteiger partial charge in [0.15, 0.2) is 0 Å². The minimum atomic E-state index is -0.421. The molecule has 6 heteroatoms. The first-order chi connectivity index (χ1) is 8.24. The fourth-order valence-corrected chi connectivity index (χ4v) is 1.31. The largest absolute Gasteiger partial charge is 0.368 e. The van der Waals surface area contributed by atoms with E-state index < -0.39 is 4.92 Å². The highest BCUT2D eigenvalue weighted by Crippen LogP contribution is 2.18. The van der Waals surface area contributed by atoms with Gasteiger partial charge < -0.3 is 10.2 Å². The molecule has 0 saturated heterocycles. The quantitative estimate of drug-likeness (QED) is 0.641. The number of hydrogen-bond acceptors (Lipinski definition) is 5.